The summed E-state index contributed by atoms with van der Waals surface area (Å²) in [4.78, 5) is 15.1. The third-order valence-electron chi connectivity index (χ3n) is 5.32. The van der Waals surface area contributed by atoms with Gasteiger partial charge < -0.3 is 4.57 Å². The molecule has 0 amide bonds. The molecule has 1 aromatic heterocycles. The van der Waals surface area contributed by atoms with Gasteiger partial charge in [-0.15, -0.1) is 0 Å². The third-order valence-corrected chi connectivity index (χ3v) is 5.32. The number of piperidine rings is 1. The standard InChI is InChI=1S/C20H23FN2O/c1-14-11-17(20(24)13-22-9-3-2-4-10-22)19-7-5-15-12-16(21)6-8-18(15)23(14)19/h6,8,11-12H,2-5,7,9-10,13H2,1H3. The van der Waals surface area contributed by atoms with Gasteiger partial charge in [0.05, 0.1) is 6.54 Å². The summed E-state index contributed by atoms with van der Waals surface area (Å²) in [5, 5.41) is 0. The van der Waals surface area contributed by atoms with E-state index in [2.05, 4.69) is 9.47 Å². The molecule has 0 unspecified atom stereocenters. The second-order valence-electron chi connectivity index (χ2n) is 7.01. The Kier molecular flexibility index (Phi) is 4.01. The lowest BCUT2D eigenvalue weighted by molar-refractivity contribution is 0.0914. The number of aromatic nitrogens is 1. The van der Waals surface area contributed by atoms with Gasteiger partial charge in [0.2, 0.25) is 0 Å². The summed E-state index contributed by atoms with van der Waals surface area (Å²) < 4.78 is 15.6. The highest BCUT2D eigenvalue weighted by Crippen LogP contribution is 2.31. The van der Waals surface area contributed by atoms with Crippen LogP contribution in [0.25, 0.3) is 5.69 Å². The van der Waals surface area contributed by atoms with Crippen LogP contribution in [-0.4, -0.2) is 34.9 Å². The fourth-order valence-corrected chi connectivity index (χ4v) is 4.14. The molecule has 24 heavy (non-hydrogen) atoms. The van der Waals surface area contributed by atoms with Crippen LogP contribution in [0, 0.1) is 12.7 Å². The van der Waals surface area contributed by atoms with Crippen LogP contribution in [0.15, 0.2) is 24.3 Å². The first kappa shape index (κ1) is 15.6. The van der Waals surface area contributed by atoms with E-state index in [9.17, 15) is 9.18 Å². The maximum atomic E-state index is 13.5. The number of hydrogen-bond acceptors (Lipinski definition) is 2. The lowest BCUT2D eigenvalue weighted by atomic mass is 9.98. The third kappa shape index (κ3) is 2.69. The lowest BCUT2D eigenvalue weighted by Gasteiger charge is -2.26. The molecule has 0 N–H and O–H groups in total. The number of halogens is 1. The van der Waals surface area contributed by atoms with E-state index in [1.54, 1.807) is 6.07 Å². The normalized spacial score (nSPS) is 17.4. The zero-order chi connectivity index (χ0) is 16.7. The van der Waals surface area contributed by atoms with Crippen LogP contribution < -0.4 is 0 Å². The van der Waals surface area contributed by atoms with Crippen LogP contribution in [0.3, 0.4) is 0 Å². The highest BCUT2D eigenvalue weighted by atomic mass is 19.1. The number of ketones is 1. The number of rotatable bonds is 3. The topological polar surface area (TPSA) is 25.2 Å². The molecular formula is C20H23FN2O. The van der Waals surface area contributed by atoms with Gasteiger partial charge in [-0.3, -0.25) is 9.69 Å². The van der Waals surface area contributed by atoms with E-state index in [-0.39, 0.29) is 11.6 Å². The van der Waals surface area contributed by atoms with E-state index >= 15 is 0 Å². The number of likely N-dealkylation sites (tertiary alicyclic amines) is 1. The Hall–Kier alpha value is -1.94. The molecule has 1 aromatic carbocycles. The summed E-state index contributed by atoms with van der Waals surface area (Å²) >= 11 is 0. The fraction of sp³-hybridized carbons (Fsp3) is 0.450. The number of aryl methyl sites for hydroxylation is 2. The molecule has 3 nitrogen and oxygen atoms in total. The van der Waals surface area contributed by atoms with Crippen LogP contribution >= 0.6 is 0 Å². The molecule has 0 bridgehead atoms. The first-order chi connectivity index (χ1) is 11.6. The summed E-state index contributed by atoms with van der Waals surface area (Å²) in [6.07, 6.45) is 5.25. The zero-order valence-electron chi connectivity index (χ0n) is 14.1. The predicted molar refractivity (Wildman–Crippen MR) is 92.5 cm³/mol. The van der Waals surface area contributed by atoms with Crippen molar-refractivity contribution < 1.29 is 9.18 Å². The Balaban J connectivity index is 1.66. The summed E-state index contributed by atoms with van der Waals surface area (Å²) in [5.41, 5.74) is 5.05. The second-order valence-corrected chi connectivity index (χ2v) is 7.01. The molecule has 126 valence electrons. The van der Waals surface area contributed by atoms with Crippen molar-refractivity contribution in [2.75, 3.05) is 19.6 Å². The minimum atomic E-state index is -0.191. The van der Waals surface area contributed by atoms with Gasteiger partial charge >= 0.3 is 0 Å². The van der Waals surface area contributed by atoms with E-state index in [0.717, 1.165) is 54.1 Å². The van der Waals surface area contributed by atoms with Crippen molar-refractivity contribution in [1.29, 1.82) is 0 Å². The van der Waals surface area contributed by atoms with Gasteiger partial charge in [-0.2, -0.15) is 0 Å². The van der Waals surface area contributed by atoms with Crippen LogP contribution in [0.1, 0.15) is 46.6 Å². The zero-order valence-corrected chi connectivity index (χ0v) is 14.1. The molecule has 4 rings (SSSR count). The lowest BCUT2D eigenvalue weighted by Crippen LogP contribution is -2.34. The van der Waals surface area contributed by atoms with Crippen LogP contribution in [0.2, 0.25) is 0 Å². The monoisotopic (exact) mass is 326 g/mol. The number of carbonyl (C=O) groups is 1. The number of carbonyl (C=O) groups excluding carboxylic acids is 1. The van der Waals surface area contributed by atoms with E-state index in [1.807, 2.05) is 19.1 Å². The first-order valence-corrected chi connectivity index (χ1v) is 8.89. The molecule has 0 aliphatic carbocycles. The highest BCUT2D eigenvalue weighted by molar-refractivity contribution is 5.99. The molecule has 2 aromatic rings. The second kappa shape index (κ2) is 6.17. The molecule has 3 heterocycles. The maximum Gasteiger partial charge on any atom is 0.178 e. The molecule has 0 radical (unpaired) electrons. The van der Waals surface area contributed by atoms with E-state index in [1.165, 1.54) is 25.3 Å². The molecule has 0 atom stereocenters. The van der Waals surface area contributed by atoms with E-state index in [4.69, 9.17) is 0 Å². The molecule has 4 heteroatoms. The molecule has 2 aliphatic heterocycles. The van der Waals surface area contributed by atoms with Crippen molar-refractivity contribution in [2.45, 2.75) is 39.0 Å². The van der Waals surface area contributed by atoms with Gasteiger partial charge in [-0.25, -0.2) is 4.39 Å². The summed E-state index contributed by atoms with van der Waals surface area (Å²) in [6, 6.07) is 6.97. The fourth-order valence-electron chi connectivity index (χ4n) is 4.14. The molecule has 0 saturated carbocycles. The van der Waals surface area contributed by atoms with Crippen LogP contribution in [0.4, 0.5) is 4.39 Å². The Labute approximate surface area is 142 Å². The minimum Gasteiger partial charge on any atom is -0.317 e. The number of nitrogens with zero attached hydrogens (tertiary/aromatic N) is 2. The van der Waals surface area contributed by atoms with Gasteiger partial charge in [0.1, 0.15) is 5.82 Å². The van der Waals surface area contributed by atoms with Crippen molar-refractivity contribution in [3.8, 4) is 5.69 Å². The van der Waals surface area contributed by atoms with Crippen LogP contribution in [-0.2, 0) is 12.8 Å². The van der Waals surface area contributed by atoms with Crippen molar-refractivity contribution >= 4 is 5.78 Å². The van der Waals surface area contributed by atoms with Crippen LogP contribution in [0.5, 0.6) is 0 Å². The van der Waals surface area contributed by atoms with Gasteiger partial charge in [0.25, 0.3) is 0 Å². The smallest absolute Gasteiger partial charge is 0.178 e. The summed E-state index contributed by atoms with van der Waals surface area (Å²) in [5.74, 6) is 0.0303. The van der Waals surface area contributed by atoms with Crippen molar-refractivity contribution in [1.82, 2.24) is 9.47 Å². The quantitative estimate of drug-likeness (QED) is 0.804. The highest BCUT2D eigenvalue weighted by Gasteiger charge is 2.25. The van der Waals surface area contributed by atoms with Crippen molar-refractivity contribution in [3.63, 3.8) is 0 Å². The summed E-state index contributed by atoms with van der Waals surface area (Å²) in [6.45, 7) is 4.61. The van der Waals surface area contributed by atoms with Gasteiger partial charge in [-0.05, 0) is 75.5 Å². The number of fused-ring (bicyclic) bond motifs is 3. The first-order valence-electron chi connectivity index (χ1n) is 8.89. The Morgan fingerprint density at radius 2 is 1.92 bits per heavy atom. The SMILES string of the molecule is Cc1cc(C(=O)CN2CCCCC2)c2n1-c1ccc(F)cc1CC2. The Bertz CT molecular complexity index is 787. The molecule has 1 fully saturated rings. The average Bonchev–Trinajstić information content (AvgIpc) is 2.93. The number of hydrogen-bond donors (Lipinski definition) is 0. The van der Waals surface area contributed by atoms with Crippen molar-refractivity contribution in [2.24, 2.45) is 0 Å². The van der Waals surface area contributed by atoms with E-state index in [0.29, 0.717) is 6.54 Å². The Morgan fingerprint density at radius 3 is 2.71 bits per heavy atom. The minimum absolute atomic E-state index is 0.191. The number of Topliss-reactive ketones (excluding diaryl/α,β-unsaturated/α-hetero) is 1. The maximum absolute atomic E-state index is 13.5. The predicted octanol–water partition coefficient (Wildman–Crippen LogP) is 3.69. The summed E-state index contributed by atoms with van der Waals surface area (Å²) in [7, 11) is 0. The van der Waals surface area contributed by atoms with Crippen molar-refractivity contribution in [3.05, 3.63) is 52.6 Å². The molecule has 0 spiro atoms. The molecular weight excluding hydrogens is 303 g/mol. The molecule has 2 aliphatic rings. The van der Waals surface area contributed by atoms with E-state index < -0.39 is 0 Å². The number of benzene rings is 1. The van der Waals surface area contributed by atoms with Gasteiger partial charge in [0.15, 0.2) is 5.78 Å². The van der Waals surface area contributed by atoms with Gasteiger partial charge in [0, 0.05) is 22.6 Å². The Morgan fingerprint density at radius 1 is 1.12 bits per heavy atom. The largest absolute Gasteiger partial charge is 0.317 e. The van der Waals surface area contributed by atoms with Gasteiger partial charge in [-0.1, -0.05) is 6.42 Å². The molecule has 1 saturated heterocycles. The average molecular weight is 326 g/mol.